The van der Waals surface area contributed by atoms with Crippen molar-refractivity contribution in [1.29, 1.82) is 0 Å². The number of ether oxygens (including phenoxy) is 1. The average molecular weight is 685 g/mol. The number of alkyl carbamates (subject to hydrolysis) is 1. The molecule has 2 aromatic carbocycles. The van der Waals surface area contributed by atoms with Crippen LogP contribution in [0.2, 0.25) is 0 Å². The predicted octanol–water partition coefficient (Wildman–Crippen LogP) is 4.10. The number of carbonyl (C=O) groups is 5. The molecule has 264 valence electrons. The number of carbonyl (C=O) groups excluding carboxylic acids is 5. The number of piperidine rings is 1. The fraction of sp³-hybridized carbons (Fsp3) is 0.528. The molecule has 0 radical (unpaired) electrons. The molecule has 4 unspecified atom stereocenters. The van der Waals surface area contributed by atoms with Crippen molar-refractivity contribution in [2.75, 3.05) is 6.54 Å². The molecule has 3 N–H and O–H groups in total. The minimum Gasteiger partial charge on any atom is -0.444 e. The monoisotopic (exact) mass is 684 g/mol. The molecule has 2 fully saturated rings. The summed E-state index contributed by atoms with van der Waals surface area (Å²) in [5, 5.41) is 7.25. The highest BCUT2D eigenvalue weighted by atomic mass is 19.4. The Morgan fingerprint density at radius 3 is 2.08 bits per heavy atom. The molecule has 2 aliphatic carbocycles. The van der Waals surface area contributed by atoms with Crippen molar-refractivity contribution in [3.05, 3.63) is 71.3 Å². The summed E-state index contributed by atoms with van der Waals surface area (Å²) in [6.45, 7) is 8.91. The summed E-state index contributed by atoms with van der Waals surface area (Å²) in [5.74, 6) is -5.17. The third-order valence-electron chi connectivity index (χ3n) is 9.84. The summed E-state index contributed by atoms with van der Waals surface area (Å²) >= 11 is 0. The maximum absolute atomic E-state index is 14.4. The third-order valence-corrected chi connectivity index (χ3v) is 9.84. The molecule has 3 aliphatic rings. The molecule has 49 heavy (non-hydrogen) atoms. The van der Waals surface area contributed by atoms with E-state index in [-0.39, 0.29) is 24.9 Å². The second kappa shape index (κ2) is 13.5. The van der Waals surface area contributed by atoms with Crippen LogP contribution in [0.5, 0.6) is 0 Å². The van der Waals surface area contributed by atoms with Gasteiger partial charge in [0.2, 0.25) is 17.6 Å². The van der Waals surface area contributed by atoms with Crippen molar-refractivity contribution in [1.82, 2.24) is 20.9 Å². The number of hydrogen-bond donors (Lipinski definition) is 3. The van der Waals surface area contributed by atoms with Gasteiger partial charge in [0.15, 0.2) is 0 Å². The Morgan fingerprint density at radius 2 is 1.51 bits per heavy atom. The largest absolute Gasteiger partial charge is 0.444 e. The lowest BCUT2D eigenvalue weighted by atomic mass is 9.93. The Balaban J connectivity index is 1.38. The van der Waals surface area contributed by atoms with E-state index < -0.39 is 77.3 Å². The number of halogens is 3. The van der Waals surface area contributed by atoms with E-state index in [0.717, 1.165) is 11.1 Å². The second-order valence-corrected chi connectivity index (χ2v) is 14.9. The van der Waals surface area contributed by atoms with Crippen LogP contribution in [0.3, 0.4) is 0 Å². The zero-order valence-corrected chi connectivity index (χ0v) is 28.2. The molecule has 5 atom stereocenters. The maximum atomic E-state index is 14.4. The summed E-state index contributed by atoms with van der Waals surface area (Å²) in [6, 6.07) is 11.6. The van der Waals surface area contributed by atoms with Gasteiger partial charge in [-0.25, -0.2) is 4.79 Å². The quantitative estimate of drug-likeness (QED) is 0.323. The van der Waals surface area contributed by atoms with Gasteiger partial charge in [-0.3, -0.25) is 19.2 Å². The molecule has 13 heteroatoms. The number of nitrogens with zero attached hydrogens (tertiary/aromatic N) is 1. The zero-order valence-electron chi connectivity index (χ0n) is 28.2. The lowest BCUT2D eigenvalue weighted by Crippen LogP contribution is -2.60. The molecule has 0 bridgehead atoms. The number of Topliss-reactive ketones (excluding diaryl/α,β-unsaturated/α-hetero) is 1. The van der Waals surface area contributed by atoms with Gasteiger partial charge in [0, 0.05) is 13.1 Å². The van der Waals surface area contributed by atoms with E-state index >= 15 is 0 Å². The van der Waals surface area contributed by atoms with Crippen LogP contribution in [-0.4, -0.2) is 70.9 Å². The van der Waals surface area contributed by atoms with E-state index in [9.17, 15) is 37.1 Å². The van der Waals surface area contributed by atoms with Crippen LogP contribution in [-0.2, 0) is 43.3 Å². The number of ketones is 1. The Kier molecular flexibility index (Phi) is 9.86. The SMILES string of the molecule is CC(C)(C)OC(=O)NC(C(=O)N1CC2C([C@H]1C(=O)NC(CC(F)(F)F)C(=O)C(=O)NCc1ccccc1)C2(C)C)C1Cc2ccccc2C1. The molecule has 1 heterocycles. The first-order chi connectivity index (χ1) is 22.9. The summed E-state index contributed by atoms with van der Waals surface area (Å²) in [6.07, 6.45) is -6.51. The Hall–Kier alpha value is -4.42. The Labute approximate surface area is 283 Å². The van der Waals surface area contributed by atoms with Gasteiger partial charge in [-0.2, -0.15) is 13.2 Å². The van der Waals surface area contributed by atoms with E-state index in [1.165, 1.54) is 4.90 Å². The van der Waals surface area contributed by atoms with Crippen LogP contribution in [0.25, 0.3) is 0 Å². The van der Waals surface area contributed by atoms with Gasteiger partial charge >= 0.3 is 12.3 Å². The Bertz CT molecular complexity index is 1580. The predicted molar refractivity (Wildman–Crippen MR) is 173 cm³/mol. The lowest BCUT2D eigenvalue weighted by Gasteiger charge is -2.35. The van der Waals surface area contributed by atoms with Crippen molar-refractivity contribution in [3.63, 3.8) is 0 Å². The summed E-state index contributed by atoms with van der Waals surface area (Å²) in [7, 11) is 0. The standard InChI is InChI=1S/C36H43F3N4O6/c1-34(2,3)49-33(48)42-27(23-15-21-13-9-10-14-22(21)16-23)32(47)43-19-24-26(35(24,4)5)28(43)30(45)41-25(17-36(37,38)39)29(44)31(46)40-18-20-11-7-6-8-12-20/h6-14,23-28H,15-19H2,1-5H3,(H,40,46)(H,41,45)(H,42,48)/t24?,25?,26?,27?,28-/m0/s1. The van der Waals surface area contributed by atoms with Crippen LogP contribution < -0.4 is 16.0 Å². The van der Waals surface area contributed by atoms with Crippen molar-refractivity contribution in [2.45, 2.75) is 90.3 Å². The zero-order chi connectivity index (χ0) is 35.9. The highest BCUT2D eigenvalue weighted by Crippen LogP contribution is 2.65. The maximum Gasteiger partial charge on any atom is 0.408 e. The number of nitrogens with one attached hydrogen (secondary N) is 3. The van der Waals surface area contributed by atoms with Crippen LogP contribution >= 0.6 is 0 Å². The topological polar surface area (TPSA) is 134 Å². The highest BCUT2D eigenvalue weighted by molar-refractivity contribution is 6.38. The summed E-state index contributed by atoms with van der Waals surface area (Å²) in [4.78, 5) is 68.5. The molecular weight excluding hydrogens is 641 g/mol. The van der Waals surface area contributed by atoms with Gasteiger partial charge in [-0.15, -0.1) is 0 Å². The van der Waals surface area contributed by atoms with Crippen molar-refractivity contribution >= 4 is 29.6 Å². The molecule has 0 spiro atoms. The molecule has 1 saturated heterocycles. The first-order valence-electron chi connectivity index (χ1n) is 16.5. The normalized spacial score (nSPS) is 22.3. The molecule has 5 rings (SSSR count). The van der Waals surface area contributed by atoms with E-state index in [1.54, 1.807) is 51.1 Å². The minimum atomic E-state index is -4.89. The molecule has 1 aliphatic heterocycles. The lowest BCUT2D eigenvalue weighted by molar-refractivity contribution is -0.155. The van der Waals surface area contributed by atoms with Gasteiger partial charge in [-0.1, -0.05) is 68.4 Å². The van der Waals surface area contributed by atoms with Crippen LogP contribution in [0.15, 0.2) is 54.6 Å². The van der Waals surface area contributed by atoms with E-state index in [2.05, 4.69) is 16.0 Å². The van der Waals surface area contributed by atoms with E-state index in [0.29, 0.717) is 18.4 Å². The average Bonchev–Trinajstić information content (AvgIpc) is 3.38. The van der Waals surface area contributed by atoms with Gasteiger partial charge < -0.3 is 25.6 Å². The fourth-order valence-corrected chi connectivity index (χ4v) is 7.36. The molecule has 10 nitrogen and oxygen atoms in total. The van der Waals surface area contributed by atoms with Crippen LogP contribution in [0.4, 0.5) is 18.0 Å². The molecule has 2 aromatic rings. The second-order valence-electron chi connectivity index (χ2n) is 14.9. The van der Waals surface area contributed by atoms with Crippen molar-refractivity contribution in [2.24, 2.45) is 23.2 Å². The van der Waals surface area contributed by atoms with Crippen LogP contribution in [0, 0.1) is 23.2 Å². The fourth-order valence-electron chi connectivity index (χ4n) is 7.36. The number of likely N-dealkylation sites (tertiary alicyclic amines) is 1. The van der Waals surface area contributed by atoms with E-state index in [1.807, 2.05) is 38.1 Å². The van der Waals surface area contributed by atoms with Gasteiger partial charge in [0.1, 0.15) is 23.7 Å². The first kappa shape index (κ1) is 35.9. The number of alkyl halides is 3. The summed E-state index contributed by atoms with van der Waals surface area (Å²) in [5.41, 5.74) is 1.41. The minimum absolute atomic E-state index is 0.0992. The van der Waals surface area contributed by atoms with Crippen LogP contribution in [0.1, 0.15) is 57.7 Å². The van der Waals surface area contributed by atoms with Gasteiger partial charge in [0.05, 0.1) is 6.42 Å². The number of benzene rings is 2. The first-order valence-corrected chi connectivity index (χ1v) is 16.5. The van der Waals surface area contributed by atoms with Gasteiger partial charge in [0.25, 0.3) is 5.91 Å². The highest BCUT2D eigenvalue weighted by Gasteiger charge is 2.70. The molecular formula is C36H43F3N4O6. The van der Waals surface area contributed by atoms with E-state index in [4.69, 9.17) is 4.74 Å². The number of hydrogen-bond acceptors (Lipinski definition) is 6. The molecule has 0 aromatic heterocycles. The Morgan fingerprint density at radius 1 is 0.918 bits per heavy atom. The van der Waals surface area contributed by atoms with Crippen molar-refractivity contribution in [3.8, 4) is 0 Å². The van der Waals surface area contributed by atoms with Crippen molar-refractivity contribution < 1.29 is 41.9 Å². The number of rotatable bonds is 10. The summed E-state index contributed by atoms with van der Waals surface area (Å²) < 4.78 is 46.6. The number of fused-ring (bicyclic) bond motifs is 2. The van der Waals surface area contributed by atoms with Gasteiger partial charge in [-0.05, 0) is 73.5 Å². The third kappa shape index (κ3) is 8.25. The molecule has 4 amide bonds. The molecule has 1 saturated carbocycles. The number of amides is 4. The smallest absolute Gasteiger partial charge is 0.408 e.